The van der Waals surface area contributed by atoms with Crippen LogP contribution < -0.4 is 0 Å². The lowest BCUT2D eigenvalue weighted by atomic mass is 9.98. The number of carbonyl (C=O) groups is 2. The number of esters is 2. The van der Waals surface area contributed by atoms with Gasteiger partial charge in [0, 0.05) is 12.8 Å². The summed E-state index contributed by atoms with van der Waals surface area (Å²) in [5, 5.41) is 71.3. The Morgan fingerprint density at radius 2 is 1.00 bits per heavy atom. The van der Waals surface area contributed by atoms with E-state index in [1.165, 1.54) is 38.5 Å². The van der Waals surface area contributed by atoms with Crippen molar-refractivity contribution >= 4 is 11.9 Å². The molecule has 0 aromatic carbocycles. The largest absolute Gasteiger partial charge is 0.462 e. The van der Waals surface area contributed by atoms with Crippen LogP contribution in [0.5, 0.6) is 0 Å². The Morgan fingerprint density at radius 3 is 1.53 bits per heavy atom. The molecule has 15 heteroatoms. The van der Waals surface area contributed by atoms with E-state index in [9.17, 15) is 45.3 Å². The third-order valence-electron chi connectivity index (χ3n) is 9.34. The molecule has 0 spiro atoms. The average Bonchev–Trinajstić information content (AvgIpc) is 3.12. The number of hydrogen-bond donors (Lipinski definition) is 7. The van der Waals surface area contributed by atoms with Crippen LogP contribution in [-0.2, 0) is 38.0 Å². The SMILES string of the molecule is CCCCCCCCCCCCC(=O)OC[C@H](CO[C@@H]1O[C@H](CO[C@H]2O[C@H](CO)[C@H](O)[C@H](O)[C@H]2O)[C@H](O)[C@H](O)[C@H]1O)OC(=O)CCCCCCC. The molecule has 0 aromatic heterocycles. The zero-order chi connectivity index (χ0) is 37.6. The lowest BCUT2D eigenvalue weighted by molar-refractivity contribution is -0.332. The molecule has 2 saturated heterocycles. The van der Waals surface area contributed by atoms with Crippen LogP contribution in [0.3, 0.4) is 0 Å². The van der Waals surface area contributed by atoms with E-state index in [-0.39, 0.29) is 26.1 Å². The highest BCUT2D eigenvalue weighted by Crippen LogP contribution is 2.26. The Labute approximate surface area is 302 Å². The quantitative estimate of drug-likeness (QED) is 0.0470. The maximum atomic E-state index is 12.6. The molecule has 0 aliphatic carbocycles. The van der Waals surface area contributed by atoms with Crippen molar-refractivity contribution in [2.75, 3.05) is 26.4 Å². The third kappa shape index (κ3) is 17.0. The van der Waals surface area contributed by atoms with Crippen LogP contribution in [0.2, 0.25) is 0 Å². The summed E-state index contributed by atoms with van der Waals surface area (Å²) < 4.78 is 33.1. The summed E-state index contributed by atoms with van der Waals surface area (Å²) in [5.41, 5.74) is 0. The number of carbonyl (C=O) groups excluding carboxylic acids is 2. The molecule has 0 radical (unpaired) electrons. The first-order valence-corrected chi connectivity index (χ1v) is 19.1. The predicted molar refractivity (Wildman–Crippen MR) is 183 cm³/mol. The topological polar surface area (TPSA) is 231 Å². The summed E-state index contributed by atoms with van der Waals surface area (Å²) >= 11 is 0. The number of aliphatic hydroxyl groups excluding tert-OH is 7. The van der Waals surface area contributed by atoms with Gasteiger partial charge in [-0.1, -0.05) is 97.3 Å². The average molecular weight is 739 g/mol. The first kappa shape index (κ1) is 45.7. The fourth-order valence-electron chi connectivity index (χ4n) is 6.04. The van der Waals surface area contributed by atoms with Crippen molar-refractivity contribution in [1.82, 2.24) is 0 Å². The summed E-state index contributed by atoms with van der Waals surface area (Å²) in [6.07, 6.45) is -0.519. The van der Waals surface area contributed by atoms with Gasteiger partial charge in [0.25, 0.3) is 0 Å². The molecule has 2 aliphatic heterocycles. The highest BCUT2D eigenvalue weighted by Gasteiger charge is 2.47. The van der Waals surface area contributed by atoms with E-state index >= 15 is 0 Å². The van der Waals surface area contributed by atoms with Gasteiger partial charge < -0.3 is 64.2 Å². The Bertz CT molecular complexity index is 923. The highest BCUT2D eigenvalue weighted by atomic mass is 16.7. The summed E-state index contributed by atoms with van der Waals surface area (Å²) in [7, 11) is 0. The Kier molecular flexibility index (Phi) is 23.5. The first-order chi connectivity index (χ1) is 24.5. The van der Waals surface area contributed by atoms with Crippen LogP contribution in [0.25, 0.3) is 0 Å². The minimum absolute atomic E-state index is 0.164. The summed E-state index contributed by atoms with van der Waals surface area (Å²) in [4.78, 5) is 25.2. The zero-order valence-electron chi connectivity index (χ0n) is 30.6. The van der Waals surface area contributed by atoms with Crippen LogP contribution in [0, 0.1) is 0 Å². The molecule has 11 atom stereocenters. The van der Waals surface area contributed by atoms with Gasteiger partial charge in [-0.05, 0) is 12.8 Å². The fraction of sp³-hybridized carbons (Fsp3) is 0.944. The van der Waals surface area contributed by atoms with E-state index in [1.807, 2.05) is 0 Å². The van der Waals surface area contributed by atoms with Gasteiger partial charge in [-0.2, -0.15) is 0 Å². The van der Waals surface area contributed by atoms with Crippen LogP contribution in [0.4, 0.5) is 0 Å². The Morgan fingerprint density at radius 1 is 0.549 bits per heavy atom. The number of ether oxygens (including phenoxy) is 6. The van der Waals surface area contributed by atoms with Crippen molar-refractivity contribution in [3.63, 3.8) is 0 Å². The molecule has 0 amide bonds. The monoisotopic (exact) mass is 738 g/mol. The van der Waals surface area contributed by atoms with Gasteiger partial charge in [0.05, 0.1) is 19.8 Å². The van der Waals surface area contributed by atoms with Crippen LogP contribution in [0.1, 0.15) is 123 Å². The Hall–Kier alpha value is -1.50. The fourth-order valence-corrected chi connectivity index (χ4v) is 6.04. The maximum absolute atomic E-state index is 12.6. The van der Waals surface area contributed by atoms with E-state index in [4.69, 9.17) is 28.4 Å². The maximum Gasteiger partial charge on any atom is 0.306 e. The molecular formula is C36H66O15. The van der Waals surface area contributed by atoms with Crippen LogP contribution in [0.15, 0.2) is 0 Å². The van der Waals surface area contributed by atoms with Gasteiger partial charge >= 0.3 is 11.9 Å². The second-order valence-electron chi connectivity index (χ2n) is 13.8. The van der Waals surface area contributed by atoms with Crippen molar-refractivity contribution in [3.05, 3.63) is 0 Å². The summed E-state index contributed by atoms with van der Waals surface area (Å²) in [6, 6.07) is 0. The standard InChI is InChI=1S/C36H66O15/c1-3-5-7-9-10-11-12-13-15-16-18-27(38)46-21-24(49-28(39)19-17-14-8-6-4-2)22-47-35-34(45)32(43)30(41)26(51-35)23-48-36-33(44)31(42)29(40)25(20-37)50-36/h24-26,29-37,40-45H,3-23H2,1-2H3/t24-,25-,26-,29+,30+,31+,32+,33-,34-,35-,36+/m1/s1. The third-order valence-corrected chi connectivity index (χ3v) is 9.34. The Balaban J connectivity index is 1.89. The molecule has 300 valence electrons. The molecule has 2 heterocycles. The van der Waals surface area contributed by atoms with Gasteiger partial charge in [-0.15, -0.1) is 0 Å². The number of unbranched alkanes of at least 4 members (excludes halogenated alkanes) is 13. The predicted octanol–water partition coefficient (Wildman–Crippen LogP) is 1.75. The van der Waals surface area contributed by atoms with Crippen molar-refractivity contribution in [2.24, 2.45) is 0 Å². The molecule has 2 aliphatic rings. The van der Waals surface area contributed by atoms with E-state index < -0.39 is 92.7 Å². The second-order valence-corrected chi connectivity index (χ2v) is 13.8. The number of aliphatic hydroxyl groups is 7. The number of rotatable bonds is 27. The number of hydrogen-bond acceptors (Lipinski definition) is 15. The molecule has 0 saturated carbocycles. The molecule has 0 unspecified atom stereocenters. The minimum atomic E-state index is -1.75. The van der Waals surface area contributed by atoms with Gasteiger partial charge in [0.15, 0.2) is 18.7 Å². The van der Waals surface area contributed by atoms with Crippen LogP contribution >= 0.6 is 0 Å². The molecule has 51 heavy (non-hydrogen) atoms. The van der Waals surface area contributed by atoms with E-state index in [0.717, 1.165) is 44.9 Å². The van der Waals surface area contributed by atoms with Gasteiger partial charge in [-0.25, -0.2) is 0 Å². The van der Waals surface area contributed by atoms with Crippen molar-refractivity contribution < 1.29 is 73.8 Å². The molecule has 7 N–H and O–H groups in total. The van der Waals surface area contributed by atoms with Gasteiger partial charge in [0.2, 0.25) is 0 Å². The van der Waals surface area contributed by atoms with Crippen molar-refractivity contribution in [1.29, 1.82) is 0 Å². The van der Waals surface area contributed by atoms with Crippen molar-refractivity contribution in [2.45, 2.75) is 191 Å². The lowest BCUT2D eigenvalue weighted by Gasteiger charge is -2.42. The summed E-state index contributed by atoms with van der Waals surface area (Å²) in [5.74, 6) is -0.940. The molecule has 0 bridgehead atoms. The zero-order valence-corrected chi connectivity index (χ0v) is 30.6. The normalized spacial score (nSPS) is 30.2. The van der Waals surface area contributed by atoms with Gasteiger partial charge in [-0.3, -0.25) is 9.59 Å². The molecule has 15 nitrogen and oxygen atoms in total. The van der Waals surface area contributed by atoms with E-state index in [0.29, 0.717) is 12.8 Å². The van der Waals surface area contributed by atoms with E-state index in [2.05, 4.69) is 13.8 Å². The van der Waals surface area contributed by atoms with Crippen molar-refractivity contribution in [3.8, 4) is 0 Å². The van der Waals surface area contributed by atoms with E-state index in [1.54, 1.807) is 0 Å². The molecule has 2 fully saturated rings. The smallest absolute Gasteiger partial charge is 0.306 e. The highest BCUT2D eigenvalue weighted by molar-refractivity contribution is 5.70. The van der Waals surface area contributed by atoms with Gasteiger partial charge in [0.1, 0.15) is 55.4 Å². The second kappa shape index (κ2) is 26.3. The van der Waals surface area contributed by atoms with Crippen LogP contribution in [-0.4, -0.2) is 142 Å². The lowest BCUT2D eigenvalue weighted by Crippen LogP contribution is -2.61. The molecular weight excluding hydrogens is 672 g/mol. The molecule has 2 rings (SSSR count). The molecule has 0 aromatic rings. The minimum Gasteiger partial charge on any atom is -0.462 e. The summed E-state index contributed by atoms with van der Waals surface area (Å²) in [6.45, 7) is 2.42. The first-order valence-electron chi connectivity index (χ1n) is 19.1.